The van der Waals surface area contributed by atoms with Gasteiger partial charge < -0.3 is 15.7 Å². The second-order valence-corrected chi connectivity index (χ2v) is 3.57. The van der Waals surface area contributed by atoms with Crippen LogP contribution in [0.1, 0.15) is 26.7 Å². The van der Waals surface area contributed by atoms with Crippen LogP contribution in [0.2, 0.25) is 0 Å². The first-order chi connectivity index (χ1) is 7.54. The minimum Gasteiger partial charge on any atom is -0.396 e. The second-order valence-electron chi connectivity index (χ2n) is 3.57. The highest BCUT2D eigenvalue weighted by Gasteiger charge is 2.17. The molecule has 3 amide bonds. The number of aliphatic hydroxyl groups is 1. The summed E-state index contributed by atoms with van der Waals surface area (Å²) in [4.78, 5) is 22.4. The van der Waals surface area contributed by atoms with Gasteiger partial charge in [-0.15, -0.1) is 0 Å². The number of carbonyl (C=O) groups is 2. The van der Waals surface area contributed by atoms with Crippen LogP contribution in [-0.2, 0) is 4.79 Å². The molecule has 2 unspecified atom stereocenters. The van der Waals surface area contributed by atoms with Gasteiger partial charge in [0.25, 0.3) is 0 Å². The molecule has 0 aliphatic heterocycles. The molecule has 0 aliphatic carbocycles. The molecule has 4 N–H and O–H groups in total. The smallest absolute Gasteiger partial charge is 0.321 e. The third kappa shape index (κ3) is 5.67. The molecule has 0 spiro atoms. The lowest BCUT2D eigenvalue weighted by Crippen LogP contribution is -2.50. The summed E-state index contributed by atoms with van der Waals surface area (Å²) in [5, 5.41) is 16.3. The Balaban J connectivity index is 4.07. The van der Waals surface area contributed by atoms with Gasteiger partial charge in [-0.2, -0.15) is 0 Å². The molecule has 94 valence electrons. The molecule has 0 rings (SSSR count). The predicted molar refractivity (Wildman–Crippen MR) is 61.0 cm³/mol. The minimum atomic E-state index is -0.520. The van der Waals surface area contributed by atoms with Crippen molar-refractivity contribution in [3.63, 3.8) is 0 Å². The third-order valence-electron chi connectivity index (χ3n) is 2.31. The fraction of sp³-hybridized carbons (Fsp3) is 0.800. The van der Waals surface area contributed by atoms with Crippen LogP contribution in [0.3, 0.4) is 0 Å². The molecule has 0 bridgehead atoms. The first-order valence-corrected chi connectivity index (χ1v) is 5.44. The van der Waals surface area contributed by atoms with Gasteiger partial charge in [-0.3, -0.25) is 10.1 Å². The third-order valence-corrected chi connectivity index (χ3v) is 2.31. The Morgan fingerprint density at radius 1 is 1.38 bits per heavy atom. The Labute approximate surface area is 95.8 Å². The van der Waals surface area contributed by atoms with Gasteiger partial charge in [0.05, 0.1) is 6.04 Å². The first-order valence-electron chi connectivity index (χ1n) is 5.44. The van der Waals surface area contributed by atoms with Crippen LogP contribution in [0.15, 0.2) is 0 Å². The summed E-state index contributed by atoms with van der Waals surface area (Å²) < 4.78 is 0. The van der Waals surface area contributed by atoms with Gasteiger partial charge in [-0.25, -0.2) is 4.79 Å². The van der Waals surface area contributed by atoms with Gasteiger partial charge >= 0.3 is 6.03 Å². The maximum absolute atomic E-state index is 11.5. The predicted octanol–water partition coefficient (Wildman–Crippen LogP) is -0.419. The standard InChI is InChI=1S/C10H21N3O3/c1-4-8(5-6-14)12-7(2)9(15)13-10(16)11-3/h7-8,12,14H,4-6H2,1-3H3,(H2,11,13,15,16). The Morgan fingerprint density at radius 2 is 2.00 bits per heavy atom. The molecular weight excluding hydrogens is 210 g/mol. The van der Waals surface area contributed by atoms with Crippen molar-refractivity contribution >= 4 is 11.9 Å². The summed E-state index contributed by atoms with van der Waals surface area (Å²) in [6, 6.07) is -0.905. The molecule has 0 heterocycles. The lowest BCUT2D eigenvalue weighted by atomic mass is 10.1. The zero-order valence-electron chi connectivity index (χ0n) is 10.0. The van der Waals surface area contributed by atoms with Crippen molar-refractivity contribution in [2.75, 3.05) is 13.7 Å². The number of hydrogen-bond donors (Lipinski definition) is 4. The summed E-state index contributed by atoms with van der Waals surface area (Å²) in [7, 11) is 1.45. The maximum atomic E-state index is 11.5. The zero-order chi connectivity index (χ0) is 12.6. The van der Waals surface area contributed by atoms with E-state index >= 15 is 0 Å². The van der Waals surface area contributed by atoms with Gasteiger partial charge in [-0.1, -0.05) is 6.92 Å². The van der Waals surface area contributed by atoms with E-state index in [1.165, 1.54) is 7.05 Å². The number of nitrogens with one attached hydrogen (secondary N) is 3. The Bertz CT molecular complexity index is 233. The van der Waals surface area contributed by atoms with E-state index in [1.807, 2.05) is 6.92 Å². The van der Waals surface area contributed by atoms with Crippen LogP contribution < -0.4 is 16.0 Å². The lowest BCUT2D eigenvalue weighted by molar-refractivity contribution is -0.121. The highest BCUT2D eigenvalue weighted by molar-refractivity contribution is 5.96. The minimum absolute atomic E-state index is 0.0787. The molecule has 0 aromatic heterocycles. The Kier molecular flexibility index (Phi) is 7.49. The van der Waals surface area contributed by atoms with Crippen molar-refractivity contribution in [3.05, 3.63) is 0 Å². The number of carbonyl (C=O) groups excluding carboxylic acids is 2. The van der Waals surface area contributed by atoms with Gasteiger partial charge in [-0.05, 0) is 19.8 Å². The highest BCUT2D eigenvalue weighted by Crippen LogP contribution is 1.98. The van der Waals surface area contributed by atoms with E-state index in [0.717, 1.165) is 6.42 Å². The maximum Gasteiger partial charge on any atom is 0.321 e. The molecule has 0 aromatic rings. The van der Waals surface area contributed by atoms with Crippen molar-refractivity contribution in [2.24, 2.45) is 0 Å². The summed E-state index contributed by atoms with van der Waals surface area (Å²) in [5.41, 5.74) is 0. The normalized spacial score (nSPS) is 14.0. The number of amides is 3. The fourth-order valence-electron chi connectivity index (χ4n) is 1.27. The summed E-state index contributed by atoms with van der Waals surface area (Å²) in [6.45, 7) is 3.73. The van der Waals surface area contributed by atoms with Crippen molar-refractivity contribution in [1.29, 1.82) is 0 Å². The summed E-state index contributed by atoms with van der Waals surface area (Å²) >= 11 is 0. The van der Waals surface area contributed by atoms with E-state index in [2.05, 4.69) is 16.0 Å². The molecule has 0 saturated heterocycles. The fourth-order valence-corrected chi connectivity index (χ4v) is 1.27. The van der Waals surface area contributed by atoms with Crippen LogP contribution in [0, 0.1) is 0 Å². The van der Waals surface area contributed by atoms with Gasteiger partial charge in [0.15, 0.2) is 0 Å². The molecular formula is C10H21N3O3. The quantitative estimate of drug-likeness (QED) is 0.500. The number of imide groups is 1. The largest absolute Gasteiger partial charge is 0.396 e. The summed E-state index contributed by atoms with van der Waals surface area (Å²) in [6.07, 6.45) is 1.41. The van der Waals surface area contributed by atoms with Gasteiger partial charge in [0.1, 0.15) is 0 Å². The van der Waals surface area contributed by atoms with Crippen molar-refractivity contribution in [3.8, 4) is 0 Å². The summed E-state index contributed by atoms with van der Waals surface area (Å²) in [5.74, 6) is -0.379. The Morgan fingerprint density at radius 3 is 2.44 bits per heavy atom. The van der Waals surface area contributed by atoms with Gasteiger partial charge in [0.2, 0.25) is 5.91 Å². The molecule has 6 nitrogen and oxygen atoms in total. The van der Waals surface area contributed by atoms with E-state index in [-0.39, 0.29) is 18.6 Å². The SMILES string of the molecule is CCC(CCO)NC(C)C(=O)NC(=O)NC. The van der Waals surface area contributed by atoms with E-state index < -0.39 is 12.1 Å². The van der Waals surface area contributed by atoms with E-state index in [0.29, 0.717) is 6.42 Å². The van der Waals surface area contributed by atoms with E-state index in [9.17, 15) is 9.59 Å². The lowest BCUT2D eigenvalue weighted by Gasteiger charge is -2.20. The van der Waals surface area contributed by atoms with E-state index in [1.54, 1.807) is 6.92 Å². The van der Waals surface area contributed by atoms with E-state index in [4.69, 9.17) is 5.11 Å². The number of urea groups is 1. The van der Waals surface area contributed by atoms with Crippen LogP contribution in [0.4, 0.5) is 4.79 Å². The molecule has 16 heavy (non-hydrogen) atoms. The number of aliphatic hydroxyl groups excluding tert-OH is 1. The average molecular weight is 231 g/mol. The van der Waals surface area contributed by atoms with Crippen LogP contribution in [0.25, 0.3) is 0 Å². The van der Waals surface area contributed by atoms with Crippen LogP contribution in [0.5, 0.6) is 0 Å². The van der Waals surface area contributed by atoms with Crippen LogP contribution >= 0.6 is 0 Å². The molecule has 6 heteroatoms. The topological polar surface area (TPSA) is 90.5 Å². The molecule has 0 fully saturated rings. The first kappa shape index (κ1) is 14.9. The van der Waals surface area contributed by atoms with Gasteiger partial charge in [0, 0.05) is 19.7 Å². The van der Waals surface area contributed by atoms with Crippen molar-refractivity contribution in [2.45, 2.75) is 38.8 Å². The number of hydrogen-bond acceptors (Lipinski definition) is 4. The molecule has 2 atom stereocenters. The second kappa shape index (κ2) is 8.06. The molecule has 0 saturated carbocycles. The van der Waals surface area contributed by atoms with Crippen molar-refractivity contribution < 1.29 is 14.7 Å². The molecule has 0 aromatic carbocycles. The Hall–Kier alpha value is -1.14. The average Bonchev–Trinajstić information content (AvgIpc) is 2.27. The highest BCUT2D eigenvalue weighted by atomic mass is 16.3. The van der Waals surface area contributed by atoms with Crippen LogP contribution in [-0.4, -0.2) is 42.8 Å². The number of rotatable bonds is 6. The zero-order valence-corrected chi connectivity index (χ0v) is 10.0. The molecule has 0 radical (unpaired) electrons. The van der Waals surface area contributed by atoms with Crippen molar-refractivity contribution in [1.82, 2.24) is 16.0 Å². The molecule has 0 aliphatic rings. The monoisotopic (exact) mass is 231 g/mol.